The number of benzene rings is 1. The van der Waals surface area contributed by atoms with E-state index in [1.807, 2.05) is 0 Å². The van der Waals surface area contributed by atoms with Gasteiger partial charge in [0.05, 0.1) is 18.6 Å². The third-order valence-corrected chi connectivity index (χ3v) is 3.58. The molecule has 0 spiro atoms. The normalized spacial score (nSPS) is 15.9. The van der Waals surface area contributed by atoms with Gasteiger partial charge in [0.15, 0.2) is 17.5 Å². The van der Waals surface area contributed by atoms with Gasteiger partial charge in [-0.1, -0.05) is 0 Å². The molecule has 0 saturated carbocycles. The van der Waals surface area contributed by atoms with E-state index in [1.165, 1.54) is 12.0 Å². The number of likely N-dealkylation sites (tertiary alicyclic amines) is 1. The molecule has 114 valence electrons. The summed E-state index contributed by atoms with van der Waals surface area (Å²) in [6.45, 7) is 0.466. The van der Waals surface area contributed by atoms with Gasteiger partial charge in [0.1, 0.15) is 0 Å². The highest BCUT2D eigenvalue weighted by Gasteiger charge is 2.30. The predicted molar refractivity (Wildman–Crippen MR) is 67.0 cm³/mol. The molecule has 0 N–H and O–H groups in total. The van der Waals surface area contributed by atoms with Crippen LogP contribution in [0.25, 0.3) is 0 Å². The van der Waals surface area contributed by atoms with E-state index in [4.69, 9.17) is 0 Å². The molecule has 4 nitrogen and oxygen atoms in total. The van der Waals surface area contributed by atoms with E-state index in [-0.39, 0.29) is 25.0 Å². The monoisotopic (exact) mass is 301 g/mol. The van der Waals surface area contributed by atoms with Gasteiger partial charge in [-0.15, -0.1) is 0 Å². The minimum atomic E-state index is -1.66. The standard InChI is InChI=1S/C14H14F3NO3/c1-21-14(20)8-4-6-18(7-5-8)13(19)9-2-3-10(15)12(17)11(9)16/h2-3,8H,4-7H2,1H3. The minimum Gasteiger partial charge on any atom is -0.469 e. The van der Waals surface area contributed by atoms with Crippen molar-refractivity contribution in [3.8, 4) is 0 Å². The largest absolute Gasteiger partial charge is 0.469 e. The lowest BCUT2D eigenvalue weighted by Crippen LogP contribution is -2.40. The molecule has 1 aliphatic heterocycles. The van der Waals surface area contributed by atoms with Crippen LogP contribution in [0.3, 0.4) is 0 Å². The fourth-order valence-electron chi connectivity index (χ4n) is 2.35. The molecule has 0 aromatic heterocycles. The van der Waals surface area contributed by atoms with Crippen molar-refractivity contribution < 1.29 is 27.5 Å². The van der Waals surface area contributed by atoms with Crippen LogP contribution in [0.15, 0.2) is 12.1 Å². The Morgan fingerprint density at radius 2 is 1.76 bits per heavy atom. The quantitative estimate of drug-likeness (QED) is 0.621. The van der Waals surface area contributed by atoms with Crippen LogP contribution >= 0.6 is 0 Å². The Kier molecular flexibility index (Phi) is 4.50. The fraction of sp³-hybridized carbons (Fsp3) is 0.429. The van der Waals surface area contributed by atoms with Crippen LogP contribution in [0.2, 0.25) is 0 Å². The Bertz CT molecular complexity index is 569. The van der Waals surface area contributed by atoms with E-state index in [2.05, 4.69) is 4.74 Å². The number of ether oxygens (including phenoxy) is 1. The number of carbonyl (C=O) groups excluding carboxylic acids is 2. The van der Waals surface area contributed by atoms with Crippen molar-refractivity contribution >= 4 is 11.9 Å². The number of hydrogen-bond donors (Lipinski definition) is 0. The molecule has 1 aliphatic rings. The molecule has 0 bridgehead atoms. The molecule has 1 aromatic carbocycles. The Morgan fingerprint density at radius 1 is 1.14 bits per heavy atom. The number of amides is 1. The molecule has 1 aromatic rings. The Balaban J connectivity index is 2.09. The van der Waals surface area contributed by atoms with Crippen molar-refractivity contribution in [2.24, 2.45) is 5.92 Å². The summed E-state index contributed by atoms with van der Waals surface area (Å²) in [5.74, 6) is -5.85. The third-order valence-electron chi connectivity index (χ3n) is 3.58. The van der Waals surface area contributed by atoms with Crippen LogP contribution in [-0.4, -0.2) is 37.0 Å². The van der Waals surface area contributed by atoms with Gasteiger partial charge in [-0.2, -0.15) is 0 Å². The maximum atomic E-state index is 13.6. The van der Waals surface area contributed by atoms with Gasteiger partial charge in [-0.25, -0.2) is 13.2 Å². The van der Waals surface area contributed by atoms with E-state index in [1.54, 1.807) is 0 Å². The molecule has 0 unspecified atom stereocenters. The molecule has 7 heteroatoms. The zero-order valence-corrected chi connectivity index (χ0v) is 11.4. The van der Waals surface area contributed by atoms with Gasteiger partial charge in [0.25, 0.3) is 5.91 Å². The molecule has 0 radical (unpaired) electrons. The van der Waals surface area contributed by atoms with E-state index >= 15 is 0 Å². The zero-order valence-electron chi connectivity index (χ0n) is 11.4. The first-order valence-corrected chi connectivity index (χ1v) is 6.46. The third kappa shape index (κ3) is 3.01. The van der Waals surface area contributed by atoms with Gasteiger partial charge in [0, 0.05) is 13.1 Å². The summed E-state index contributed by atoms with van der Waals surface area (Å²) >= 11 is 0. The lowest BCUT2D eigenvalue weighted by Gasteiger charge is -2.30. The number of nitrogens with zero attached hydrogens (tertiary/aromatic N) is 1. The van der Waals surface area contributed by atoms with Crippen LogP contribution in [-0.2, 0) is 9.53 Å². The summed E-state index contributed by atoms with van der Waals surface area (Å²) in [5, 5.41) is 0. The summed E-state index contributed by atoms with van der Waals surface area (Å²) in [5.41, 5.74) is -0.509. The van der Waals surface area contributed by atoms with Crippen molar-refractivity contribution in [1.82, 2.24) is 4.90 Å². The highest BCUT2D eigenvalue weighted by Crippen LogP contribution is 2.22. The van der Waals surface area contributed by atoms with Crippen molar-refractivity contribution in [2.45, 2.75) is 12.8 Å². The van der Waals surface area contributed by atoms with Crippen LogP contribution in [0.1, 0.15) is 23.2 Å². The summed E-state index contributed by atoms with van der Waals surface area (Å²) in [7, 11) is 1.29. The lowest BCUT2D eigenvalue weighted by molar-refractivity contribution is -0.146. The van der Waals surface area contributed by atoms with Crippen LogP contribution in [0.4, 0.5) is 13.2 Å². The number of esters is 1. The van der Waals surface area contributed by atoms with E-state index in [9.17, 15) is 22.8 Å². The number of halogens is 3. The SMILES string of the molecule is COC(=O)C1CCN(C(=O)c2ccc(F)c(F)c2F)CC1. The predicted octanol–water partition coefficient (Wildman–Crippen LogP) is 2.13. The maximum Gasteiger partial charge on any atom is 0.308 e. The molecule has 21 heavy (non-hydrogen) atoms. The average molecular weight is 301 g/mol. The van der Waals surface area contributed by atoms with Gasteiger partial charge in [-0.3, -0.25) is 9.59 Å². The van der Waals surface area contributed by atoms with Crippen molar-refractivity contribution in [1.29, 1.82) is 0 Å². The van der Waals surface area contributed by atoms with Gasteiger partial charge in [-0.05, 0) is 25.0 Å². The molecule has 1 heterocycles. The van der Waals surface area contributed by atoms with Crippen LogP contribution < -0.4 is 0 Å². The smallest absolute Gasteiger partial charge is 0.308 e. The highest BCUT2D eigenvalue weighted by molar-refractivity contribution is 5.94. The lowest BCUT2D eigenvalue weighted by atomic mass is 9.96. The second-order valence-corrected chi connectivity index (χ2v) is 4.81. The Hall–Kier alpha value is -2.05. The summed E-state index contributed by atoms with van der Waals surface area (Å²) in [6, 6.07) is 1.63. The second kappa shape index (κ2) is 6.15. The summed E-state index contributed by atoms with van der Waals surface area (Å²) in [6.07, 6.45) is 0.785. The fourth-order valence-corrected chi connectivity index (χ4v) is 2.35. The van der Waals surface area contributed by atoms with Crippen LogP contribution in [0, 0.1) is 23.4 Å². The summed E-state index contributed by atoms with van der Waals surface area (Å²) in [4.78, 5) is 24.8. The van der Waals surface area contributed by atoms with Crippen molar-refractivity contribution in [3.63, 3.8) is 0 Å². The maximum absolute atomic E-state index is 13.6. The molecular weight excluding hydrogens is 287 g/mol. The number of carbonyl (C=O) groups is 2. The van der Waals surface area contributed by atoms with Gasteiger partial charge in [0.2, 0.25) is 0 Å². The molecule has 0 atom stereocenters. The number of methoxy groups -OCH3 is 1. The molecule has 0 aliphatic carbocycles. The molecular formula is C14H14F3NO3. The average Bonchev–Trinajstić information content (AvgIpc) is 2.51. The molecule has 1 amide bonds. The first kappa shape index (κ1) is 15.3. The molecule has 1 fully saturated rings. The number of piperidine rings is 1. The van der Waals surface area contributed by atoms with Gasteiger partial charge < -0.3 is 9.64 Å². The molecule has 2 rings (SSSR count). The van der Waals surface area contributed by atoms with E-state index in [0.717, 1.165) is 6.07 Å². The first-order chi connectivity index (χ1) is 9.95. The van der Waals surface area contributed by atoms with Crippen molar-refractivity contribution in [2.75, 3.05) is 20.2 Å². The van der Waals surface area contributed by atoms with E-state index in [0.29, 0.717) is 18.9 Å². The van der Waals surface area contributed by atoms with Gasteiger partial charge >= 0.3 is 5.97 Å². The number of rotatable bonds is 2. The van der Waals surface area contributed by atoms with Crippen molar-refractivity contribution in [3.05, 3.63) is 35.1 Å². The number of hydrogen-bond acceptors (Lipinski definition) is 3. The van der Waals surface area contributed by atoms with Crippen LogP contribution in [0.5, 0.6) is 0 Å². The Morgan fingerprint density at radius 3 is 2.33 bits per heavy atom. The molecule has 1 saturated heterocycles. The highest BCUT2D eigenvalue weighted by atomic mass is 19.2. The Labute approximate surface area is 119 Å². The minimum absolute atomic E-state index is 0.233. The topological polar surface area (TPSA) is 46.6 Å². The van der Waals surface area contributed by atoms with E-state index < -0.39 is 28.9 Å². The summed E-state index contributed by atoms with van der Waals surface area (Å²) < 4.78 is 44.2. The zero-order chi connectivity index (χ0) is 15.6. The first-order valence-electron chi connectivity index (χ1n) is 6.46. The second-order valence-electron chi connectivity index (χ2n) is 4.81.